The van der Waals surface area contributed by atoms with Gasteiger partial charge >= 0.3 is 0 Å². The van der Waals surface area contributed by atoms with E-state index in [9.17, 15) is 5.11 Å². The molecule has 19 heavy (non-hydrogen) atoms. The van der Waals surface area contributed by atoms with E-state index >= 15 is 0 Å². The first kappa shape index (κ1) is 14.4. The van der Waals surface area contributed by atoms with E-state index in [4.69, 9.17) is 23.2 Å². The van der Waals surface area contributed by atoms with Gasteiger partial charge < -0.3 is 10.4 Å². The number of aliphatic hydroxyl groups excluding tert-OH is 1. The molecule has 0 amide bonds. The van der Waals surface area contributed by atoms with Gasteiger partial charge in [0.05, 0.1) is 22.7 Å². The van der Waals surface area contributed by atoms with Crippen LogP contribution in [0.2, 0.25) is 10.0 Å². The van der Waals surface area contributed by atoms with Crippen LogP contribution in [0.1, 0.15) is 17.2 Å². The predicted octanol–water partition coefficient (Wildman–Crippen LogP) is 3.82. The molecule has 0 aliphatic rings. The number of aliphatic hydroxyl groups is 1. The van der Waals surface area contributed by atoms with Crippen LogP contribution in [-0.2, 0) is 6.54 Å². The van der Waals surface area contributed by atoms with Crippen molar-refractivity contribution in [2.45, 2.75) is 12.6 Å². The summed E-state index contributed by atoms with van der Waals surface area (Å²) in [6, 6.07) is 15.2. The molecule has 2 N–H and O–H groups in total. The first-order valence-corrected chi connectivity index (χ1v) is 6.80. The molecule has 1 atom stereocenters. The number of nitrogens with one attached hydrogen (secondary N) is 1. The predicted molar refractivity (Wildman–Crippen MR) is 79.6 cm³/mol. The molecule has 0 aromatic heterocycles. The van der Waals surface area contributed by atoms with Crippen LogP contribution in [0, 0.1) is 0 Å². The number of benzene rings is 2. The van der Waals surface area contributed by atoms with Gasteiger partial charge in [-0.25, -0.2) is 0 Å². The fraction of sp³-hybridized carbons (Fsp3) is 0.200. The average Bonchev–Trinajstić information content (AvgIpc) is 2.45. The number of halogens is 2. The maximum absolute atomic E-state index is 9.46. The van der Waals surface area contributed by atoms with Gasteiger partial charge in [-0.1, -0.05) is 65.7 Å². The van der Waals surface area contributed by atoms with Gasteiger partial charge in [0.25, 0.3) is 0 Å². The highest BCUT2D eigenvalue weighted by molar-refractivity contribution is 6.42. The molecule has 100 valence electrons. The van der Waals surface area contributed by atoms with E-state index in [0.717, 1.165) is 11.1 Å². The fourth-order valence-electron chi connectivity index (χ4n) is 1.89. The van der Waals surface area contributed by atoms with Gasteiger partial charge in [-0.05, 0) is 17.2 Å². The Morgan fingerprint density at radius 2 is 1.74 bits per heavy atom. The van der Waals surface area contributed by atoms with E-state index < -0.39 is 0 Å². The molecule has 0 saturated carbocycles. The number of hydrogen-bond acceptors (Lipinski definition) is 2. The van der Waals surface area contributed by atoms with Crippen LogP contribution in [0.5, 0.6) is 0 Å². The lowest BCUT2D eigenvalue weighted by molar-refractivity contribution is 0.243. The van der Waals surface area contributed by atoms with Crippen molar-refractivity contribution in [3.8, 4) is 0 Å². The van der Waals surface area contributed by atoms with Crippen molar-refractivity contribution in [2.24, 2.45) is 0 Å². The molecule has 2 rings (SSSR count). The van der Waals surface area contributed by atoms with E-state index in [1.54, 1.807) is 6.07 Å². The summed E-state index contributed by atoms with van der Waals surface area (Å²) in [6.07, 6.45) is 0. The summed E-state index contributed by atoms with van der Waals surface area (Å²) in [5.74, 6) is 0. The molecule has 0 saturated heterocycles. The molecule has 2 aromatic rings. The van der Waals surface area contributed by atoms with E-state index in [-0.39, 0.29) is 12.6 Å². The van der Waals surface area contributed by atoms with Crippen LogP contribution >= 0.6 is 23.2 Å². The minimum Gasteiger partial charge on any atom is -0.394 e. The van der Waals surface area contributed by atoms with Crippen molar-refractivity contribution in [1.82, 2.24) is 5.32 Å². The normalized spacial score (nSPS) is 12.4. The Hall–Kier alpha value is -1.06. The maximum atomic E-state index is 9.46. The molecular formula is C15H15Cl2NO. The Bertz CT molecular complexity index is 531. The van der Waals surface area contributed by atoms with Gasteiger partial charge in [0.1, 0.15) is 0 Å². The molecule has 0 spiro atoms. The minimum atomic E-state index is -0.115. The molecule has 2 aromatic carbocycles. The minimum absolute atomic E-state index is 0.0300. The van der Waals surface area contributed by atoms with Crippen LogP contribution in [-0.4, -0.2) is 11.7 Å². The highest BCUT2D eigenvalue weighted by atomic mass is 35.5. The molecular weight excluding hydrogens is 281 g/mol. The maximum Gasteiger partial charge on any atom is 0.0637 e. The zero-order valence-corrected chi connectivity index (χ0v) is 11.8. The summed E-state index contributed by atoms with van der Waals surface area (Å²) in [6.45, 7) is 0.585. The third-order valence-corrected chi connectivity index (χ3v) is 3.81. The van der Waals surface area contributed by atoms with Crippen LogP contribution in [0.15, 0.2) is 48.5 Å². The van der Waals surface area contributed by atoms with Crippen LogP contribution in [0.4, 0.5) is 0 Å². The van der Waals surface area contributed by atoms with Gasteiger partial charge in [0.15, 0.2) is 0 Å². The van der Waals surface area contributed by atoms with E-state index in [1.807, 2.05) is 42.5 Å². The monoisotopic (exact) mass is 295 g/mol. The second kappa shape index (κ2) is 6.92. The molecule has 0 aliphatic carbocycles. The Kier molecular flexibility index (Phi) is 5.23. The lowest BCUT2D eigenvalue weighted by Gasteiger charge is -2.17. The fourth-order valence-corrected chi connectivity index (χ4v) is 2.28. The van der Waals surface area contributed by atoms with Gasteiger partial charge in [-0.2, -0.15) is 0 Å². The largest absolute Gasteiger partial charge is 0.394 e. The van der Waals surface area contributed by atoms with Crippen molar-refractivity contribution in [3.63, 3.8) is 0 Å². The highest BCUT2D eigenvalue weighted by Crippen LogP contribution is 2.26. The van der Waals surface area contributed by atoms with E-state index in [2.05, 4.69) is 5.32 Å². The lowest BCUT2D eigenvalue weighted by atomic mass is 10.1. The molecule has 2 nitrogen and oxygen atoms in total. The average molecular weight is 296 g/mol. The van der Waals surface area contributed by atoms with Gasteiger partial charge in [0, 0.05) is 6.54 Å². The van der Waals surface area contributed by atoms with Crippen LogP contribution < -0.4 is 5.32 Å². The van der Waals surface area contributed by atoms with E-state index in [0.29, 0.717) is 16.6 Å². The second-order valence-corrected chi connectivity index (χ2v) is 5.02. The summed E-state index contributed by atoms with van der Waals surface area (Å²) in [5.41, 5.74) is 1.96. The molecule has 0 bridgehead atoms. The molecule has 0 heterocycles. The van der Waals surface area contributed by atoms with Crippen molar-refractivity contribution in [3.05, 3.63) is 69.7 Å². The standard InChI is InChI=1S/C15H15Cl2NO/c16-13-8-4-7-12(15(13)17)9-18-14(10-19)11-5-2-1-3-6-11/h1-8,14,18-19H,9-10H2/t14-/m0/s1. The summed E-state index contributed by atoms with van der Waals surface area (Å²) in [7, 11) is 0. The van der Waals surface area contributed by atoms with Crippen LogP contribution in [0.25, 0.3) is 0 Å². The Balaban J connectivity index is 2.06. The Morgan fingerprint density at radius 3 is 2.42 bits per heavy atom. The molecule has 4 heteroatoms. The van der Waals surface area contributed by atoms with Crippen molar-refractivity contribution in [2.75, 3.05) is 6.61 Å². The Labute approximate surface area is 123 Å². The second-order valence-electron chi connectivity index (χ2n) is 4.24. The number of rotatable bonds is 5. The summed E-state index contributed by atoms with van der Waals surface area (Å²) < 4.78 is 0. The summed E-state index contributed by atoms with van der Waals surface area (Å²) in [5, 5.41) is 13.8. The van der Waals surface area contributed by atoms with Gasteiger partial charge in [0.2, 0.25) is 0 Å². The lowest BCUT2D eigenvalue weighted by Crippen LogP contribution is -2.24. The van der Waals surface area contributed by atoms with Crippen molar-refractivity contribution < 1.29 is 5.11 Å². The molecule has 0 aliphatic heterocycles. The summed E-state index contributed by atoms with van der Waals surface area (Å²) >= 11 is 12.1. The Morgan fingerprint density at radius 1 is 1.00 bits per heavy atom. The topological polar surface area (TPSA) is 32.3 Å². The highest BCUT2D eigenvalue weighted by Gasteiger charge is 2.11. The van der Waals surface area contributed by atoms with Crippen LogP contribution in [0.3, 0.4) is 0 Å². The van der Waals surface area contributed by atoms with Crippen molar-refractivity contribution >= 4 is 23.2 Å². The van der Waals surface area contributed by atoms with E-state index in [1.165, 1.54) is 0 Å². The third kappa shape index (κ3) is 3.71. The van der Waals surface area contributed by atoms with Gasteiger partial charge in [-0.3, -0.25) is 0 Å². The zero-order valence-electron chi connectivity index (χ0n) is 10.3. The quantitative estimate of drug-likeness (QED) is 0.879. The van der Waals surface area contributed by atoms with Gasteiger partial charge in [-0.15, -0.1) is 0 Å². The third-order valence-electron chi connectivity index (χ3n) is 2.95. The van der Waals surface area contributed by atoms with Crippen molar-refractivity contribution in [1.29, 1.82) is 0 Å². The first-order valence-electron chi connectivity index (χ1n) is 6.04. The molecule has 0 unspecified atom stereocenters. The zero-order chi connectivity index (χ0) is 13.7. The first-order chi connectivity index (χ1) is 9.22. The SMILES string of the molecule is OC[C@H](NCc1cccc(Cl)c1Cl)c1ccccc1. The number of hydrogen-bond donors (Lipinski definition) is 2. The molecule has 0 radical (unpaired) electrons. The molecule has 0 fully saturated rings. The summed E-state index contributed by atoms with van der Waals surface area (Å²) in [4.78, 5) is 0. The smallest absolute Gasteiger partial charge is 0.0637 e.